The van der Waals surface area contributed by atoms with Gasteiger partial charge in [0, 0.05) is 6.42 Å². The van der Waals surface area contributed by atoms with Gasteiger partial charge in [-0.25, -0.2) is 5.01 Å². The number of nitrogens with zero attached hydrogens (tertiary/aromatic N) is 3. The average molecular weight is 384 g/mol. The van der Waals surface area contributed by atoms with Gasteiger partial charge in [0.2, 0.25) is 0 Å². The molecule has 1 aromatic carbocycles. The molecule has 142 valence electrons. The number of benzene rings is 1. The second-order valence-corrected chi connectivity index (χ2v) is 8.04. The Morgan fingerprint density at radius 3 is 2.81 bits per heavy atom. The summed E-state index contributed by atoms with van der Waals surface area (Å²) >= 11 is 1.67. The van der Waals surface area contributed by atoms with Crippen molar-refractivity contribution < 1.29 is 9.53 Å². The molecule has 1 aromatic heterocycles. The number of likely N-dealkylation sites (tertiary alicyclic amines) is 1. The molecule has 1 atom stereocenters. The molecule has 0 aliphatic carbocycles. The van der Waals surface area contributed by atoms with Crippen LogP contribution in [0.3, 0.4) is 0 Å². The fourth-order valence-electron chi connectivity index (χ4n) is 3.82. The van der Waals surface area contributed by atoms with E-state index in [2.05, 4.69) is 22.4 Å². The molecule has 2 aliphatic rings. The Morgan fingerprint density at radius 2 is 2.07 bits per heavy atom. The third-order valence-corrected chi connectivity index (χ3v) is 6.18. The van der Waals surface area contributed by atoms with Crippen LogP contribution in [0.2, 0.25) is 0 Å². The van der Waals surface area contributed by atoms with Crippen molar-refractivity contribution in [1.29, 1.82) is 0 Å². The smallest absolute Gasteiger partial charge is 0.257 e. The van der Waals surface area contributed by atoms with Crippen molar-refractivity contribution in [3.63, 3.8) is 0 Å². The molecule has 0 N–H and O–H groups in total. The molecule has 6 heteroatoms. The summed E-state index contributed by atoms with van der Waals surface area (Å²) in [4.78, 5) is 16.5. The van der Waals surface area contributed by atoms with Crippen molar-refractivity contribution in [3.8, 4) is 5.75 Å². The second kappa shape index (κ2) is 8.23. The monoisotopic (exact) mass is 383 g/mol. The summed E-state index contributed by atoms with van der Waals surface area (Å²) in [5, 5.41) is 8.51. The molecule has 4 rings (SSSR count). The summed E-state index contributed by atoms with van der Waals surface area (Å²) in [6.45, 7) is 2.46. The van der Waals surface area contributed by atoms with Gasteiger partial charge >= 0.3 is 0 Å². The lowest BCUT2D eigenvalue weighted by Gasteiger charge is -2.29. The van der Waals surface area contributed by atoms with Crippen LogP contribution in [0.5, 0.6) is 5.75 Å². The average Bonchev–Trinajstić information content (AvgIpc) is 3.38. The summed E-state index contributed by atoms with van der Waals surface area (Å²) < 4.78 is 5.38. The standard InChI is InChI=1S/C21H25N3O2S/c1-26-17-8-5-7-16(13-17)19-14-18(20-9-6-12-27-20)22-24(19)21(25)15-23-10-3-2-4-11-23/h5-9,12-13,19H,2-4,10-11,14-15H2,1H3. The maximum Gasteiger partial charge on any atom is 0.257 e. The lowest BCUT2D eigenvalue weighted by atomic mass is 10.0. The van der Waals surface area contributed by atoms with Crippen LogP contribution in [0, 0.1) is 0 Å². The zero-order valence-corrected chi connectivity index (χ0v) is 16.5. The van der Waals surface area contributed by atoms with E-state index in [0.29, 0.717) is 6.54 Å². The molecule has 3 heterocycles. The van der Waals surface area contributed by atoms with E-state index in [9.17, 15) is 4.79 Å². The van der Waals surface area contributed by atoms with E-state index in [4.69, 9.17) is 9.84 Å². The highest BCUT2D eigenvalue weighted by atomic mass is 32.1. The highest BCUT2D eigenvalue weighted by Crippen LogP contribution is 2.35. The predicted molar refractivity (Wildman–Crippen MR) is 108 cm³/mol. The topological polar surface area (TPSA) is 45.1 Å². The third kappa shape index (κ3) is 4.06. The summed E-state index contributed by atoms with van der Waals surface area (Å²) in [6.07, 6.45) is 4.35. The number of amides is 1. The number of methoxy groups -OCH3 is 1. The van der Waals surface area contributed by atoms with Crippen LogP contribution >= 0.6 is 11.3 Å². The molecule has 1 unspecified atom stereocenters. The molecule has 1 saturated heterocycles. The van der Waals surface area contributed by atoms with Crippen LogP contribution in [0.4, 0.5) is 0 Å². The first-order valence-corrected chi connectivity index (χ1v) is 10.4. The van der Waals surface area contributed by atoms with Gasteiger partial charge in [-0.15, -0.1) is 11.3 Å². The Balaban J connectivity index is 1.59. The highest BCUT2D eigenvalue weighted by molar-refractivity contribution is 7.12. The molecule has 5 nitrogen and oxygen atoms in total. The zero-order chi connectivity index (χ0) is 18.6. The fourth-order valence-corrected chi connectivity index (χ4v) is 4.54. The van der Waals surface area contributed by atoms with Crippen LogP contribution in [-0.4, -0.2) is 48.3 Å². The molecule has 0 bridgehead atoms. The quantitative estimate of drug-likeness (QED) is 0.786. The lowest BCUT2D eigenvalue weighted by Crippen LogP contribution is -2.40. The van der Waals surface area contributed by atoms with Gasteiger partial charge in [-0.05, 0) is 55.1 Å². The van der Waals surface area contributed by atoms with Crippen LogP contribution in [0.1, 0.15) is 42.2 Å². The summed E-state index contributed by atoms with van der Waals surface area (Å²) in [6, 6.07) is 12.0. The number of hydrazone groups is 1. The van der Waals surface area contributed by atoms with E-state index in [-0.39, 0.29) is 11.9 Å². The molecule has 1 amide bonds. The Kier molecular flexibility index (Phi) is 5.55. The number of ether oxygens (including phenoxy) is 1. The Labute approximate surface area is 164 Å². The van der Waals surface area contributed by atoms with Gasteiger partial charge in [-0.2, -0.15) is 5.10 Å². The number of carbonyl (C=O) groups is 1. The number of hydrogen-bond acceptors (Lipinski definition) is 5. The molecule has 2 aliphatic heterocycles. The van der Waals surface area contributed by atoms with E-state index in [1.54, 1.807) is 23.5 Å². The van der Waals surface area contributed by atoms with Crippen molar-refractivity contribution >= 4 is 23.0 Å². The number of carbonyl (C=O) groups excluding carboxylic acids is 1. The first-order valence-electron chi connectivity index (χ1n) is 9.54. The van der Waals surface area contributed by atoms with Gasteiger partial charge in [0.05, 0.1) is 30.3 Å². The van der Waals surface area contributed by atoms with Gasteiger partial charge < -0.3 is 4.74 Å². The number of piperidine rings is 1. The SMILES string of the molecule is COc1cccc(C2CC(c3cccs3)=NN2C(=O)CN2CCCCC2)c1. The first kappa shape index (κ1) is 18.2. The summed E-state index contributed by atoms with van der Waals surface area (Å²) in [5.74, 6) is 0.886. The van der Waals surface area contributed by atoms with Crippen LogP contribution in [0.25, 0.3) is 0 Å². The molecule has 0 saturated carbocycles. The molecule has 1 fully saturated rings. The molecule has 0 spiro atoms. The van der Waals surface area contributed by atoms with Gasteiger partial charge in [0.15, 0.2) is 0 Å². The largest absolute Gasteiger partial charge is 0.497 e. The Hall–Kier alpha value is -2.18. The van der Waals surface area contributed by atoms with E-state index >= 15 is 0 Å². The molecule has 27 heavy (non-hydrogen) atoms. The van der Waals surface area contributed by atoms with Crippen molar-refractivity contribution in [2.24, 2.45) is 5.10 Å². The number of thiophene rings is 1. The minimum atomic E-state index is -0.0745. The van der Waals surface area contributed by atoms with Gasteiger partial charge in [-0.3, -0.25) is 9.69 Å². The molecular formula is C21H25N3O2S. The highest BCUT2D eigenvalue weighted by Gasteiger charge is 2.34. The second-order valence-electron chi connectivity index (χ2n) is 7.10. The van der Waals surface area contributed by atoms with E-state index in [1.807, 2.05) is 24.3 Å². The van der Waals surface area contributed by atoms with Gasteiger partial charge in [-0.1, -0.05) is 24.6 Å². The first-order chi connectivity index (χ1) is 13.2. The maximum absolute atomic E-state index is 13.1. The lowest BCUT2D eigenvalue weighted by molar-refractivity contribution is -0.134. The van der Waals surface area contributed by atoms with E-state index in [1.165, 1.54) is 19.3 Å². The zero-order valence-electron chi connectivity index (χ0n) is 15.6. The van der Waals surface area contributed by atoms with Crippen molar-refractivity contribution in [2.75, 3.05) is 26.7 Å². The van der Waals surface area contributed by atoms with Crippen molar-refractivity contribution in [3.05, 3.63) is 52.2 Å². The van der Waals surface area contributed by atoms with Crippen LogP contribution < -0.4 is 4.74 Å². The molecule has 2 aromatic rings. The Bertz CT molecular complexity index is 813. The fraction of sp³-hybridized carbons (Fsp3) is 0.429. The van der Waals surface area contributed by atoms with Gasteiger partial charge in [0.1, 0.15) is 5.75 Å². The van der Waals surface area contributed by atoms with E-state index < -0.39 is 0 Å². The van der Waals surface area contributed by atoms with Gasteiger partial charge in [0.25, 0.3) is 5.91 Å². The number of rotatable bonds is 5. The van der Waals surface area contributed by atoms with Crippen LogP contribution in [0.15, 0.2) is 46.9 Å². The third-order valence-electron chi connectivity index (χ3n) is 5.26. The minimum absolute atomic E-state index is 0.0745. The van der Waals surface area contributed by atoms with Crippen LogP contribution in [-0.2, 0) is 4.79 Å². The van der Waals surface area contributed by atoms with Crippen molar-refractivity contribution in [2.45, 2.75) is 31.7 Å². The number of hydrogen-bond donors (Lipinski definition) is 0. The van der Waals surface area contributed by atoms with E-state index in [0.717, 1.165) is 41.4 Å². The Morgan fingerprint density at radius 1 is 1.22 bits per heavy atom. The molecule has 0 radical (unpaired) electrons. The maximum atomic E-state index is 13.1. The summed E-state index contributed by atoms with van der Waals surface area (Å²) in [7, 11) is 1.67. The molecular weight excluding hydrogens is 358 g/mol. The van der Waals surface area contributed by atoms with Crippen molar-refractivity contribution in [1.82, 2.24) is 9.91 Å². The minimum Gasteiger partial charge on any atom is -0.497 e. The normalized spacial score (nSPS) is 20.6. The predicted octanol–water partition coefficient (Wildman–Crippen LogP) is 3.92. The summed E-state index contributed by atoms with van der Waals surface area (Å²) in [5.41, 5.74) is 2.06.